The number of methoxy groups -OCH3 is 1. The van der Waals surface area contributed by atoms with E-state index in [9.17, 15) is 4.79 Å². The van der Waals surface area contributed by atoms with E-state index in [4.69, 9.17) is 4.74 Å². The summed E-state index contributed by atoms with van der Waals surface area (Å²) < 4.78 is 10.6. The highest BCUT2D eigenvalue weighted by atomic mass is 16.5. The summed E-state index contributed by atoms with van der Waals surface area (Å²) in [6, 6.07) is 8.47. The molecule has 3 heteroatoms. The molecule has 0 radical (unpaired) electrons. The van der Waals surface area contributed by atoms with Crippen LogP contribution in [0.1, 0.15) is 17.2 Å². The third-order valence-electron chi connectivity index (χ3n) is 4.45. The number of ether oxygens (including phenoxy) is 2. The molecule has 0 N–H and O–H groups in total. The third-order valence-corrected chi connectivity index (χ3v) is 4.45. The summed E-state index contributed by atoms with van der Waals surface area (Å²) in [5.41, 5.74) is 2.71. The molecule has 4 atom stereocenters. The van der Waals surface area contributed by atoms with E-state index < -0.39 is 0 Å². The quantitative estimate of drug-likeness (QED) is 0.559. The second-order valence-corrected chi connectivity index (χ2v) is 5.28. The van der Waals surface area contributed by atoms with Gasteiger partial charge in [0.15, 0.2) is 0 Å². The molecule has 0 bridgehead atoms. The minimum atomic E-state index is -0.316. The van der Waals surface area contributed by atoms with Gasteiger partial charge in [-0.1, -0.05) is 24.3 Å². The van der Waals surface area contributed by atoms with E-state index >= 15 is 0 Å². The minimum absolute atomic E-state index is 0.154. The zero-order valence-electron chi connectivity index (χ0n) is 10.1. The van der Waals surface area contributed by atoms with Crippen LogP contribution in [0.25, 0.3) is 0 Å². The molecule has 92 valence electrons. The number of benzene rings is 1. The van der Waals surface area contributed by atoms with E-state index in [1.54, 1.807) is 0 Å². The summed E-state index contributed by atoms with van der Waals surface area (Å²) in [6.07, 6.45) is 2.79. The molecule has 2 aliphatic carbocycles. The Morgan fingerprint density at radius 2 is 2.28 bits per heavy atom. The third kappa shape index (κ3) is 1.22. The number of carbonyl (C=O) groups is 1. The first-order valence-electron chi connectivity index (χ1n) is 6.33. The average molecular weight is 242 g/mol. The highest BCUT2D eigenvalue weighted by Gasteiger charge is 2.65. The molecular weight excluding hydrogens is 228 g/mol. The second kappa shape index (κ2) is 3.37. The molecule has 2 fully saturated rings. The number of allylic oxidation sites excluding steroid dienone is 1. The van der Waals surface area contributed by atoms with Crippen molar-refractivity contribution in [3.05, 3.63) is 47.2 Å². The molecule has 0 amide bonds. The van der Waals surface area contributed by atoms with Crippen molar-refractivity contribution in [1.82, 2.24) is 0 Å². The lowest BCUT2D eigenvalue weighted by Crippen LogP contribution is -2.15. The summed E-state index contributed by atoms with van der Waals surface area (Å²) in [7, 11) is 1.40. The fraction of sp³-hybridized carbons (Fsp3) is 0.400. The number of hydrogen-bond donors (Lipinski definition) is 0. The van der Waals surface area contributed by atoms with Gasteiger partial charge in [0.1, 0.15) is 11.9 Å². The lowest BCUT2D eigenvalue weighted by Gasteiger charge is -2.25. The average Bonchev–Trinajstić information content (AvgIpc) is 2.97. The largest absolute Gasteiger partial charge is 0.489 e. The first kappa shape index (κ1) is 10.2. The van der Waals surface area contributed by atoms with Crippen LogP contribution in [0.4, 0.5) is 0 Å². The fourth-order valence-electron chi connectivity index (χ4n) is 3.61. The Bertz CT molecular complexity index is 561. The van der Waals surface area contributed by atoms with Gasteiger partial charge in [-0.25, -0.2) is 4.79 Å². The van der Waals surface area contributed by atoms with Crippen molar-refractivity contribution in [3.8, 4) is 0 Å². The summed E-state index contributed by atoms with van der Waals surface area (Å²) in [6.45, 7) is 0. The van der Waals surface area contributed by atoms with Crippen LogP contribution in [0.15, 0.2) is 36.1 Å². The Morgan fingerprint density at radius 3 is 3.11 bits per heavy atom. The van der Waals surface area contributed by atoms with E-state index in [1.165, 1.54) is 24.3 Å². The van der Waals surface area contributed by atoms with Crippen LogP contribution >= 0.6 is 0 Å². The summed E-state index contributed by atoms with van der Waals surface area (Å²) in [4.78, 5) is 11.3. The Labute approximate surface area is 105 Å². The maximum Gasteiger partial charge on any atom is 0.333 e. The molecule has 18 heavy (non-hydrogen) atoms. The van der Waals surface area contributed by atoms with Gasteiger partial charge in [0, 0.05) is 11.8 Å². The zero-order chi connectivity index (χ0) is 12.3. The molecule has 1 aromatic rings. The van der Waals surface area contributed by atoms with Gasteiger partial charge < -0.3 is 9.47 Å². The Morgan fingerprint density at radius 1 is 1.44 bits per heavy atom. The van der Waals surface area contributed by atoms with Gasteiger partial charge in [0.2, 0.25) is 0 Å². The number of fused-ring (bicyclic) bond motifs is 3. The SMILES string of the molecule is COC(=O)/C=C1/OC2c3ccccc3CC3C1C23. The topological polar surface area (TPSA) is 35.5 Å². The van der Waals surface area contributed by atoms with Gasteiger partial charge in [-0.2, -0.15) is 0 Å². The van der Waals surface area contributed by atoms with Crippen LogP contribution in [0.2, 0.25) is 0 Å². The molecule has 3 aliphatic rings. The monoisotopic (exact) mass is 242 g/mol. The van der Waals surface area contributed by atoms with Gasteiger partial charge in [0.25, 0.3) is 0 Å². The first-order chi connectivity index (χ1) is 8.79. The molecule has 1 aliphatic heterocycles. The van der Waals surface area contributed by atoms with Crippen LogP contribution in [0.3, 0.4) is 0 Å². The fourth-order valence-corrected chi connectivity index (χ4v) is 3.61. The maximum atomic E-state index is 11.3. The summed E-state index contributed by atoms with van der Waals surface area (Å²) in [5.74, 6) is 2.19. The molecule has 0 spiro atoms. The Hall–Kier alpha value is -1.77. The van der Waals surface area contributed by atoms with Crippen molar-refractivity contribution < 1.29 is 14.3 Å². The normalized spacial score (nSPS) is 36.6. The second-order valence-electron chi connectivity index (χ2n) is 5.28. The van der Waals surface area contributed by atoms with Crippen LogP contribution in [-0.4, -0.2) is 13.1 Å². The van der Waals surface area contributed by atoms with Crippen molar-refractivity contribution in [2.24, 2.45) is 17.8 Å². The molecule has 1 saturated carbocycles. The van der Waals surface area contributed by atoms with E-state index in [-0.39, 0.29) is 12.1 Å². The van der Waals surface area contributed by atoms with Gasteiger partial charge in [-0.15, -0.1) is 0 Å². The molecule has 4 rings (SSSR count). The molecule has 1 heterocycles. The number of esters is 1. The number of hydrogen-bond acceptors (Lipinski definition) is 3. The molecule has 1 saturated heterocycles. The van der Waals surface area contributed by atoms with Crippen molar-refractivity contribution in [3.63, 3.8) is 0 Å². The van der Waals surface area contributed by atoms with E-state index in [0.29, 0.717) is 17.8 Å². The van der Waals surface area contributed by atoms with Crippen LogP contribution in [0.5, 0.6) is 0 Å². The molecule has 0 aromatic heterocycles. The van der Waals surface area contributed by atoms with E-state index in [1.807, 2.05) is 0 Å². The molecule has 1 aromatic carbocycles. The van der Waals surface area contributed by atoms with Crippen molar-refractivity contribution in [1.29, 1.82) is 0 Å². The molecule has 3 nitrogen and oxygen atoms in total. The first-order valence-corrected chi connectivity index (χ1v) is 6.33. The lowest BCUT2D eigenvalue weighted by atomic mass is 9.89. The summed E-state index contributed by atoms with van der Waals surface area (Å²) in [5, 5.41) is 0. The van der Waals surface area contributed by atoms with Gasteiger partial charge in [-0.05, 0) is 23.5 Å². The number of rotatable bonds is 1. The maximum absolute atomic E-state index is 11.3. The standard InChI is InChI=1S/C15H14O3/c1-17-12(16)7-11-13-10-6-8-4-2-3-5-9(8)15(18-11)14(10)13/h2-5,7,10,13-15H,6H2,1H3/b11-7+. The van der Waals surface area contributed by atoms with Gasteiger partial charge in [0.05, 0.1) is 13.2 Å². The lowest BCUT2D eigenvalue weighted by molar-refractivity contribution is -0.135. The zero-order valence-corrected chi connectivity index (χ0v) is 10.1. The number of carbonyl (C=O) groups excluding carboxylic acids is 1. The van der Waals surface area contributed by atoms with Gasteiger partial charge >= 0.3 is 5.97 Å². The van der Waals surface area contributed by atoms with Crippen molar-refractivity contribution in [2.75, 3.05) is 7.11 Å². The van der Waals surface area contributed by atoms with Crippen molar-refractivity contribution >= 4 is 5.97 Å². The highest BCUT2D eigenvalue weighted by molar-refractivity contribution is 5.82. The van der Waals surface area contributed by atoms with E-state index in [0.717, 1.165) is 12.2 Å². The van der Waals surface area contributed by atoms with Crippen LogP contribution in [0, 0.1) is 17.8 Å². The minimum Gasteiger partial charge on any atom is -0.489 e. The highest BCUT2D eigenvalue weighted by Crippen LogP contribution is 2.68. The van der Waals surface area contributed by atoms with Gasteiger partial charge in [-0.3, -0.25) is 0 Å². The summed E-state index contributed by atoms with van der Waals surface area (Å²) >= 11 is 0. The Kier molecular flexibility index (Phi) is 1.91. The Balaban J connectivity index is 1.70. The predicted octanol–water partition coefficient (Wildman–Crippen LogP) is 2.23. The van der Waals surface area contributed by atoms with Crippen LogP contribution < -0.4 is 0 Å². The van der Waals surface area contributed by atoms with E-state index in [2.05, 4.69) is 29.0 Å². The smallest absolute Gasteiger partial charge is 0.333 e. The molecule has 4 unspecified atom stereocenters. The predicted molar refractivity (Wildman–Crippen MR) is 64.5 cm³/mol. The molecular formula is C15H14O3. The van der Waals surface area contributed by atoms with Crippen LogP contribution in [-0.2, 0) is 20.7 Å². The van der Waals surface area contributed by atoms with Crippen molar-refractivity contribution in [2.45, 2.75) is 12.5 Å².